The van der Waals surface area contributed by atoms with Gasteiger partial charge in [-0.2, -0.15) is 4.68 Å². The quantitative estimate of drug-likeness (QED) is 0.340. The van der Waals surface area contributed by atoms with Gasteiger partial charge in [0.1, 0.15) is 5.82 Å². The van der Waals surface area contributed by atoms with Crippen molar-refractivity contribution < 1.29 is 9.18 Å². The molecule has 0 aliphatic rings. The van der Waals surface area contributed by atoms with Crippen molar-refractivity contribution in [1.29, 1.82) is 0 Å². The van der Waals surface area contributed by atoms with Gasteiger partial charge in [-0.25, -0.2) is 9.07 Å². The molecule has 2 aromatic heterocycles. The number of carbonyl (C=O) groups excluding carboxylic acids is 1. The number of halogens is 1. The largest absolute Gasteiger partial charge is 0.297 e. The predicted octanol–water partition coefficient (Wildman–Crippen LogP) is 2.96. The van der Waals surface area contributed by atoms with Gasteiger partial charge in [-0.05, 0) is 60.7 Å². The highest BCUT2D eigenvalue weighted by Crippen LogP contribution is 2.26. The van der Waals surface area contributed by atoms with Crippen molar-refractivity contribution in [2.75, 3.05) is 0 Å². The van der Waals surface area contributed by atoms with Crippen LogP contribution in [-0.4, -0.2) is 40.6 Å². The lowest BCUT2D eigenvalue weighted by atomic mass is 10.1. The molecular weight excluding hydrogens is 419 g/mol. The monoisotopic (exact) mass is 438 g/mol. The molecule has 10 heteroatoms. The van der Waals surface area contributed by atoms with Crippen molar-refractivity contribution in [2.24, 2.45) is 7.05 Å². The van der Waals surface area contributed by atoms with Crippen LogP contribution >= 0.6 is 11.8 Å². The van der Waals surface area contributed by atoms with Gasteiger partial charge in [0.15, 0.2) is 11.5 Å². The Bertz CT molecular complexity index is 1290. The van der Waals surface area contributed by atoms with Crippen LogP contribution in [0.25, 0.3) is 11.4 Å². The molecule has 4 rings (SSSR count). The number of Topliss-reactive ketones (excluding diaryl/α,β-unsaturated/α-hetero) is 1. The molecule has 1 atom stereocenters. The van der Waals surface area contributed by atoms with Crippen LogP contribution in [0, 0.1) is 12.7 Å². The molecule has 0 saturated heterocycles. The molecule has 2 aromatic carbocycles. The second kappa shape index (κ2) is 8.31. The number of aromatic nitrogens is 6. The van der Waals surface area contributed by atoms with Crippen molar-refractivity contribution in [1.82, 2.24) is 29.6 Å². The Hall–Kier alpha value is -3.53. The van der Waals surface area contributed by atoms with E-state index in [1.54, 1.807) is 25.6 Å². The summed E-state index contributed by atoms with van der Waals surface area (Å²) in [5.41, 5.74) is 1.80. The van der Waals surface area contributed by atoms with Gasteiger partial charge in [-0.1, -0.05) is 30.0 Å². The number of rotatable bonds is 6. The molecule has 0 spiro atoms. The highest BCUT2D eigenvalue weighted by molar-refractivity contribution is 8.00. The molecule has 0 fully saturated rings. The van der Waals surface area contributed by atoms with E-state index in [1.165, 1.54) is 33.6 Å². The fourth-order valence-corrected chi connectivity index (χ4v) is 4.12. The molecule has 0 radical (unpaired) electrons. The van der Waals surface area contributed by atoms with Crippen molar-refractivity contribution in [2.45, 2.75) is 24.3 Å². The average Bonchev–Trinajstić information content (AvgIpc) is 3.30. The third-order valence-corrected chi connectivity index (χ3v) is 5.99. The highest BCUT2D eigenvalue weighted by atomic mass is 32.2. The molecule has 0 aliphatic carbocycles. The van der Waals surface area contributed by atoms with Gasteiger partial charge in [0.2, 0.25) is 5.16 Å². The number of benzene rings is 2. The van der Waals surface area contributed by atoms with Crippen LogP contribution in [0.1, 0.15) is 23.0 Å². The van der Waals surface area contributed by atoms with E-state index in [9.17, 15) is 14.0 Å². The van der Waals surface area contributed by atoms with Crippen molar-refractivity contribution in [3.05, 3.63) is 82.0 Å². The van der Waals surface area contributed by atoms with Crippen molar-refractivity contribution in [3.8, 4) is 11.4 Å². The Balaban J connectivity index is 1.68. The Kier molecular flexibility index (Phi) is 5.55. The van der Waals surface area contributed by atoms with Crippen LogP contribution in [-0.2, 0) is 7.05 Å². The zero-order valence-corrected chi connectivity index (χ0v) is 17.9. The topological polar surface area (TPSA) is 87.6 Å². The number of ketones is 1. The maximum absolute atomic E-state index is 13.2. The average molecular weight is 438 g/mol. The van der Waals surface area contributed by atoms with Crippen LogP contribution in [0.5, 0.6) is 0 Å². The Labute approximate surface area is 181 Å². The summed E-state index contributed by atoms with van der Waals surface area (Å²) in [6.45, 7) is 3.52. The normalized spacial score (nSPS) is 12.1. The van der Waals surface area contributed by atoms with Crippen molar-refractivity contribution in [3.63, 3.8) is 0 Å². The van der Waals surface area contributed by atoms with Gasteiger partial charge < -0.3 is 0 Å². The zero-order valence-electron chi connectivity index (χ0n) is 17.1. The van der Waals surface area contributed by atoms with Crippen LogP contribution in [0.4, 0.5) is 4.39 Å². The molecular formula is C21H19FN6O2S. The molecule has 2 heterocycles. The molecule has 8 nitrogen and oxygen atoms in total. The van der Waals surface area contributed by atoms with E-state index in [2.05, 4.69) is 15.5 Å². The van der Waals surface area contributed by atoms with Gasteiger partial charge in [0, 0.05) is 12.6 Å². The van der Waals surface area contributed by atoms with Crippen LogP contribution in [0.3, 0.4) is 0 Å². The Morgan fingerprint density at radius 1 is 1.10 bits per heavy atom. The minimum absolute atomic E-state index is 0.189. The summed E-state index contributed by atoms with van der Waals surface area (Å²) in [5, 5.41) is 11.5. The molecule has 0 amide bonds. The molecule has 4 aromatic rings. The summed E-state index contributed by atoms with van der Waals surface area (Å²) in [7, 11) is 1.78. The smallest absolute Gasteiger partial charge is 0.293 e. The van der Waals surface area contributed by atoms with E-state index >= 15 is 0 Å². The minimum atomic E-state index is -0.546. The molecule has 0 N–H and O–H groups in total. The number of thioether (sulfide) groups is 1. The summed E-state index contributed by atoms with van der Waals surface area (Å²) >= 11 is 1.13. The van der Waals surface area contributed by atoms with E-state index in [4.69, 9.17) is 0 Å². The first-order chi connectivity index (χ1) is 14.9. The number of nitrogens with zero attached hydrogens (tertiary/aromatic N) is 6. The minimum Gasteiger partial charge on any atom is -0.293 e. The van der Waals surface area contributed by atoms with Gasteiger partial charge in [0.25, 0.3) is 5.56 Å². The lowest BCUT2D eigenvalue weighted by Gasteiger charge is -2.09. The van der Waals surface area contributed by atoms with Gasteiger partial charge in [0.05, 0.1) is 16.6 Å². The van der Waals surface area contributed by atoms with Gasteiger partial charge in [-0.3, -0.25) is 14.3 Å². The maximum atomic E-state index is 13.2. The Morgan fingerprint density at radius 3 is 2.45 bits per heavy atom. The van der Waals surface area contributed by atoms with Crippen LogP contribution < -0.4 is 5.56 Å². The number of hydrogen-bond acceptors (Lipinski definition) is 6. The zero-order chi connectivity index (χ0) is 22.1. The SMILES string of the molecule is Cc1c(-n2nnnc2SC(C)C(=O)c2ccc(F)cc2)c(=O)n(-c2ccccc2)n1C. The number of carbonyl (C=O) groups is 1. The second-order valence-corrected chi connectivity index (χ2v) is 8.22. The number of tetrazole rings is 1. The summed E-state index contributed by atoms with van der Waals surface area (Å²) in [5.74, 6) is -0.596. The lowest BCUT2D eigenvalue weighted by Crippen LogP contribution is -2.22. The van der Waals surface area contributed by atoms with E-state index < -0.39 is 11.1 Å². The third-order valence-electron chi connectivity index (χ3n) is 4.96. The van der Waals surface area contributed by atoms with E-state index in [0.717, 1.165) is 11.8 Å². The molecule has 31 heavy (non-hydrogen) atoms. The summed E-state index contributed by atoms with van der Waals surface area (Å²) < 4.78 is 17.8. The predicted molar refractivity (Wildman–Crippen MR) is 115 cm³/mol. The highest BCUT2D eigenvalue weighted by Gasteiger charge is 2.25. The van der Waals surface area contributed by atoms with E-state index in [-0.39, 0.29) is 11.3 Å². The van der Waals surface area contributed by atoms with Gasteiger partial charge in [-0.15, -0.1) is 5.10 Å². The second-order valence-electron chi connectivity index (χ2n) is 6.91. The molecule has 158 valence electrons. The molecule has 0 aliphatic heterocycles. The van der Waals surface area contributed by atoms with E-state index in [1.807, 2.05) is 30.3 Å². The lowest BCUT2D eigenvalue weighted by molar-refractivity contribution is 0.0994. The maximum Gasteiger partial charge on any atom is 0.297 e. The number of hydrogen-bond donors (Lipinski definition) is 0. The summed E-state index contributed by atoms with van der Waals surface area (Å²) in [6, 6.07) is 14.6. The number of para-hydroxylation sites is 1. The first kappa shape index (κ1) is 20.7. The van der Waals surface area contributed by atoms with Crippen LogP contribution in [0.2, 0.25) is 0 Å². The fraction of sp³-hybridized carbons (Fsp3) is 0.190. The summed E-state index contributed by atoms with van der Waals surface area (Å²) in [4.78, 5) is 26.0. The van der Waals surface area contributed by atoms with Crippen LogP contribution in [0.15, 0.2) is 64.5 Å². The summed E-state index contributed by atoms with van der Waals surface area (Å²) in [6.07, 6.45) is 0. The fourth-order valence-electron chi connectivity index (χ4n) is 3.25. The molecule has 0 saturated carbocycles. The molecule has 1 unspecified atom stereocenters. The third kappa shape index (κ3) is 3.81. The van der Waals surface area contributed by atoms with Gasteiger partial charge >= 0.3 is 0 Å². The van der Waals surface area contributed by atoms with Crippen molar-refractivity contribution >= 4 is 17.5 Å². The molecule has 0 bridgehead atoms. The Morgan fingerprint density at radius 2 is 1.77 bits per heavy atom. The standard InChI is InChI=1S/C21H19FN6O2S/c1-13-18(20(30)28(26(13)3)17-7-5-4-6-8-17)27-21(23-24-25-27)31-14(2)19(29)15-9-11-16(22)12-10-15/h4-12,14H,1-3H3. The van der Waals surface area contributed by atoms with E-state index in [0.29, 0.717) is 27.8 Å². The first-order valence-electron chi connectivity index (χ1n) is 9.47. The first-order valence-corrected chi connectivity index (χ1v) is 10.4.